The zero-order chi connectivity index (χ0) is 17.7. The fourth-order valence-corrected chi connectivity index (χ4v) is 3.87. The lowest BCUT2D eigenvalue weighted by Gasteiger charge is -2.24. The number of nitrogens with one attached hydrogen (secondary N) is 1. The Morgan fingerprint density at radius 1 is 1.25 bits per heavy atom. The highest BCUT2D eigenvalue weighted by molar-refractivity contribution is 7.89. The third kappa shape index (κ3) is 4.43. The van der Waals surface area contributed by atoms with Gasteiger partial charge < -0.3 is 4.90 Å². The van der Waals surface area contributed by atoms with Gasteiger partial charge in [-0.2, -0.15) is 0 Å². The largest absolute Gasteiger partial charge is 0.338 e. The van der Waals surface area contributed by atoms with E-state index in [1.54, 1.807) is 40.5 Å². The van der Waals surface area contributed by atoms with E-state index < -0.39 is 10.0 Å². The quantitative estimate of drug-likeness (QED) is 0.819. The average molecular weight is 367 g/mol. The molecule has 24 heavy (non-hydrogen) atoms. The zero-order valence-corrected chi connectivity index (χ0v) is 15.7. The Hall–Kier alpha value is -1.70. The van der Waals surface area contributed by atoms with Crippen molar-refractivity contribution in [1.29, 1.82) is 0 Å². The van der Waals surface area contributed by atoms with Crippen LogP contribution in [0.5, 0.6) is 0 Å². The van der Waals surface area contributed by atoms with Gasteiger partial charge in [0.25, 0.3) is 0 Å². The van der Waals surface area contributed by atoms with Crippen LogP contribution in [0.4, 0.5) is 0 Å². The number of sulfonamides is 1. The van der Waals surface area contributed by atoms with E-state index in [0.717, 1.165) is 10.4 Å². The Morgan fingerprint density at radius 2 is 1.92 bits per heavy atom. The highest BCUT2D eigenvalue weighted by Crippen LogP contribution is 2.24. The van der Waals surface area contributed by atoms with Crippen LogP contribution in [-0.4, -0.2) is 33.3 Å². The van der Waals surface area contributed by atoms with E-state index in [9.17, 15) is 13.2 Å². The highest BCUT2D eigenvalue weighted by Gasteiger charge is 2.18. The normalized spacial score (nSPS) is 12.8. The van der Waals surface area contributed by atoms with Gasteiger partial charge in [0, 0.05) is 18.3 Å². The lowest BCUT2D eigenvalue weighted by Crippen LogP contribution is -2.29. The number of thiophene rings is 1. The molecule has 0 bridgehead atoms. The molecule has 130 valence electrons. The number of hydrogen-bond acceptors (Lipinski definition) is 4. The van der Waals surface area contributed by atoms with Gasteiger partial charge in [0.05, 0.1) is 10.9 Å². The molecule has 0 saturated carbocycles. The number of benzene rings is 1. The molecule has 1 amide bonds. The first-order valence-electron chi connectivity index (χ1n) is 7.66. The molecule has 1 aromatic heterocycles. The summed E-state index contributed by atoms with van der Waals surface area (Å²) < 4.78 is 25.6. The predicted molar refractivity (Wildman–Crippen MR) is 96.5 cm³/mol. The topological polar surface area (TPSA) is 66.5 Å². The van der Waals surface area contributed by atoms with Crippen LogP contribution in [-0.2, 0) is 21.2 Å². The van der Waals surface area contributed by atoms with E-state index in [1.165, 1.54) is 7.05 Å². The molecule has 1 N–H and O–H groups in total. The SMILES string of the molecule is CNS(=O)(=O)c1ccc(CCC(=O)N(C)[C@H](C)c2cccs2)cc1. The fraction of sp³-hybridized carbons (Fsp3) is 0.353. The predicted octanol–water partition coefficient (Wildman–Crippen LogP) is 2.81. The van der Waals surface area contributed by atoms with Crippen molar-refractivity contribution in [2.24, 2.45) is 0 Å². The molecule has 0 aliphatic heterocycles. The number of hydrogen-bond donors (Lipinski definition) is 1. The molecule has 0 aliphatic carbocycles. The Labute approximate surface area is 147 Å². The summed E-state index contributed by atoms with van der Waals surface area (Å²) >= 11 is 1.64. The standard InChI is InChI=1S/C17H22N2O3S2/c1-13(16-5-4-12-23-16)19(3)17(20)11-8-14-6-9-15(10-7-14)24(21,22)18-2/h4-7,9-10,12-13,18H,8,11H2,1-3H3/t13-/m1/s1. The Bertz CT molecular complexity index is 769. The van der Waals surface area contributed by atoms with Crippen LogP contribution in [0.15, 0.2) is 46.7 Å². The number of rotatable bonds is 7. The molecule has 0 spiro atoms. The second kappa shape index (κ2) is 7.92. The maximum absolute atomic E-state index is 12.4. The van der Waals surface area contributed by atoms with E-state index in [2.05, 4.69) is 4.72 Å². The lowest BCUT2D eigenvalue weighted by atomic mass is 10.1. The molecule has 7 heteroatoms. The van der Waals surface area contributed by atoms with E-state index >= 15 is 0 Å². The summed E-state index contributed by atoms with van der Waals surface area (Å²) in [6, 6.07) is 10.7. The Balaban J connectivity index is 1.94. The number of aryl methyl sites for hydroxylation is 1. The van der Waals surface area contributed by atoms with Gasteiger partial charge in [-0.05, 0) is 49.5 Å². The molecule has 2 aromatic rings. The molecule has 0 saturated heterocycles. The number of carbonyl (C=O) groups excluding carboxylic acids is 1. The van der Waals surface area contributed by atoms with Crippen molar-refractivity contribution in [2.45, 2.75) is 30.7 Å². The van der Waals surface area contributed by atoms with Gasteiger partial charge in [-0.25, -0.2) is 13.1 Å². The van der Waals surface area contributed by atoms with E-state index in [4.69, 9.17) is 0 Å². The van der Waals surface area contributed by atoms with Gasteiger partial charge in [0.2, 0.25) is 15.9 Å². The van der Waals surface area contributed by atoms with Gasteiger partial charge in [0.1, 0.15) is 0 Å². The fourth-order valence-electron chi connectivity index (χ4n) is 2.32. The minimum Gasteiger partial charge on any atom is -0.338 e. The summed E-state index contributed by atoms with van der Waals surface area (Å²) in [5, 5.41) is 2.00. The van der Waals surface area contributed by atoms with Crippen molar-refractivity contribution in [1.82, 2.24) is 9.62 Å². The van der Waals surface area contributed by atoms with Gasteiger partial charge >= 0.3 is 0 Å². The van der Waals surface area contributed by atoms with Crippen LogP contribution < -0.4 is 4.72 Å². The molecule has 0 unspecified atom stereocenters. The summed E-state index contributed by atoms with van der Waals surface area (Å²) in [4.78, 5) is 15.5. The maximum atomic E-state index is 12.4. The summed E-state index contributed by atoms with van der Waals surface area (Å²) in [7, 11) is -0.224. The number of carbonyl (C=O) groups is 1. The van der Waals surface area contributed by atoms with Crippen LogP contribution in [0, 0.1) is 0 Å². The number of nitrogens with zero attached hydrogens (tertiary/aromatic N) is 1. The van der Waals surface area contributed by atoms with E-state index in [-0.39, 0.29) is 16.8 Å². The van der Waals surface area contributed by atoms with Crippen LogP contribution in [0.1, 0.15) is 29.8 Å². The molecule has 1 atom stereocenters. The Morgan fingerprint density at radius 3 is 2.46 bits per heavy atom. The molecule has 5 nitrogen and oxygen atoms in total. The van der Waals surface area contributed by atoms with Crippen molar-refractivity contribution in [2.75, 3.05) is 14.1 Å². The number of amides is 1. The van der Waals surface area contributed by atoms with Gasteiger partial charge in [-0.15, -0.1) is 11.3 Å². The van der Waals surface area contributed by atoms with Gasteiger partial charge in [-0.3, -0.25) is 4.79 Å². The third-order valence-electron chi connectivity index (χ3n) is 4.06. The van der Waals surface area contributed by atoms with Crippen molar-refractivity contribution < 1.29 is 13.2 Å². The average Bonchev–Trinajstić information content (AvgIpc) is 3.13. The monoisotopic (exact) mass is 366 g/mol. The lowest BCUT2D eigenvalue weighted by molar-refractivity contribution is -0.131. The third-order valence-corrected chi connectivity index (χ3v) is 6.53. The van der Waals surface area contributed by atoms with E-state index in [1.807, 2.05) is 31.5 Å². The van der Waals surface area contributed by atoms with Crippen molar-refractivity contribution in [3.63, 3.8) is 0 Å². The second-order valence-electron chi connectivity index (χ2n) is 5.55. The van der Waals surface area contributed by atoms with Crippen molar-refractivity contribution in [3.05, 3.63) is 52.2 Å². The molecular formula is C17H22N2O3S2. The summed E-state index contributed by atoms with van der Waals surface area (Å²) in [6.07, 6.45) is 0.977. The van der Waals surface area contributed by atoms with Crippen LogP contribution >= 0.6 is 11.3 Å². The molecule has 0 aliphatic rings. The van der Waals surface area contributed by atoms with Crippen LogP contribution in [0.3, 0.4) is 0 Å². The maximum Gasteiger partial charge on any atom is 0.240 e. The minimum atomic E-state index is -3.42. The first-order valence-corrected chi connectivity index (χ1v) is 10.0. The van der Waals surface area contributed by atoms with Gasteiger partial charge in [-0.1, -0.05) is 18.2 Å². The summed E-state index contributed by atoms with van der Waals surface area (Å²) in [5.41, 5.74) is 0.940. The summed E-state index contributed by atoms with van der Waals surface area (Å²) in [5.74, 6) is 0.0721. The van der Waals surface area contributed by atoms with Gasteiger partial charge in [0.15, 0.2) is 0 Å². The van der Waals surface area contributed by atoms with Crippen LogP contribution in [0.25, 0.3) is 0 Å². The summed E-state index contributed by atoms with van der Waals surface area (Å²) in [6.45, 7) is 2.02. The molecule has 1 aromatic carbocycles. The smallest absolute Gasteiger partial charge is 0.240 e. The van der Waals surface area contributed by atoms with Crippen molar-refractivity contribution in [3.8, 4) is 0 Å². The molecule has 2 rings (SSSR count). The molecule has 1 heterocycles. The van der Waals surface area contributed by atoms with Crippen molar-refractivity contribution >= 4 is 27.3 Å². The molecular weight excluding hydrogens is 344 g/mol. The molecule has 0 radical (unpaired) electrons. The Kier molecular flexibility index (Phi) is 6.15. The van der Waals surface area contributed by atoms with E-state index in [0.29, 0.717) is 12.8 Å². The second-order valence-corrected chi connectivity index (χ2v) is 8.41. The minimum absolute atomic E-state index is 0.0562. The molecule has 0 fully saturated rings. The highest BCUT2D eigenvalue weighted by atomic mass is 32.2. The van der Waals surface area contributed by atoms with Crippen LogP contribution in [0.2, 0.25) is 0 Å². The zero-order valence-electron chi connectivity index (χ0n) is 14.0. The first-order chi connectivity index (χ1) is 11.3. The first kappa shape index (κ1) is 18.6.